The molecule has 0 fully saturated rings. The highest BCUT2D eigenvalue weighted by Gasteiger charge is 2.43. The fraction of sp³-hybridized carbons (Fsp3) is 0.143. The SMILES string of the molecule is O=C(C1=C(/C=C/c2ccc(Cl)cc2)Cc2cc(Br)ccc21)C(F)(F)CF.O=C(O)F. The van der Waals surface area contributed by atoms with Gasteiger partial charge in [0.05, 0.1) is 0 Å². The molecule has 0 aliphatic heterocycles. The Morgan fingerprint density at radius 3 is 2.30 bits per heavy atom. The van der Waals surface area contributed by atoms with E-state index in [1.807, 2.05) is 0 Å². The summed E-state index contributed by atoms with van der Waals surface area (Å²) in [7, 11) is 0. The number of Topliss-reactive ketones (excluding diaryl/α,β-unsaturated/α-hetero) is 1. The van der Waals surface area contributed by atoms with E-state index in [1.54, 1.807) is 54.6 Å². The van der Waals surface area contributed by atoms with Crippen LogP contribution in [0.1, 0.15) is 16.7 Å². The van der Waals surface area contributed by atoms with Crippen molar-refractivity contribution in [3.8, 4) is 0 Å². The average Bonchev–Trinajstić information content (AvgIpc) is 3.03. The van der Waals surface area contributed by atoms with Crippen LogP contribution in [0.15, 0.2) is 58.6 Å². The summed E-state index contributed by atoms with van der Waals surface area (Å²) in [6, 6.07) is 12.0. The lowest BCUT2D eigenvalue weighted by molar-refractivity contribution is -0.138. The lowest BCUT2D eigenvalue weighted by Gasteiger charge is -2.13. The number of hydrogen-bond acceptors (Lipinski definition) is 2. The third kappa shape index (κ3) is 6.03. The lowest BCUT2D eigenvalue weighted by atomic mass is 9.97. The van der Waals surface area contributed by atoms with Gasteiger partial charge < -0.3 is 5.11 Å². The topological polar surface area (TPSA) is 54.4 Å². The number of rotatable bonds is 5. The van der Waals surface area contributed by atoms with Crippen molar-refractivity contribution < 1.29 is 32.3 Å². The van der Waals surface area contributed by atoms with E-state index in [1.165, 1.54) is 0 Å². The molecule has 1 aliphatic rings. The zero-order valence-corrected chi connectivity index (χ0v) is 17.5. The van der Waals surface area contributed by atoms with Crippen molar-refractivity contribution in [2.75, 3.05) is 6.67 Å². The molecule has 0 unspecified atom stereocenters. The normalized spacial score (nSPS) is 13.1. The maximum Gasteiger partial charge on any atom is 0.492 e. The Kier molecular flexibility index (Phi) is 7.97. The molecule has 0 saturated heterocycles. The minimum absolute atomic E-state index is 0.125. The van der Waals surface area contributed by atoms with E-state index in [9.17, 15) is 22.4 Å². The Labute approximate surface area is 182 Å². The number of carbonyl (C=O) groups is 2. The Morgan fingerprint density at radius 2 is 1.73 bits per heavy atom. The van der Waals surface area contributed by atoms with Gasteiger partial charge in [-0.3, -0.25) is 4.79 Å². The number of carboxylic acid groups (broad SMARTS) is 1. The molecule has 0 aromatic heterocycles. The van der Waals surface area contributed by atoms with Gasteiger partial charge in [0.15, 0.2) is 6.67 Å². The van der Waals surface area contributed by atoms with Gasteiger partial charge in [0.25, 0.3) is 0 Å². The predicted molar refractivity (Wildman–Crippen MR) is 110 cm³/mol. The van der Waals surface area contributed by atoms with Crippen LogP contribution < -0.4 is 0 Å². The van der Waals surface area contributed by atoms with Crippen LogP contribution in [0.3, 0.4) is 0 Å². The number of fused-ring (bicyclic) bond motifs is 1. The van der Waals surface area contributed by atoms with Gasteiger partial charge in [-0.25, -0.2) is 9.18 Å². The van der Waals surface area contributed by atoms with Gasteiger partial charge >= 0.3 is 12.1 Å². The van der Waals surface area contributed by atoms with Gasteiger partial charge in [-0.15, -0.1) is 4.39 Å². The molecule has 9 heteroatoms. The summed E-state index contributed by atoms with van der Waals surface area (Å²) in [6.45, 7) is -2.02. The van der Waals surface area contributed by atoms with Gasteiger partial charge in [0.1, 0.15) is 0 Å². The summed E-state index contributed by atoms with van der Waals surface area (Å²) in [5.41, 5.74) is 2.28. The first kappa shape index (κ1) is 23.8. The molecule has 3 rings (SSSR count). The highest BCUT2D eigenvalue weighted by Crippen LogP contribution is 2.39. The van der Waals surface area contributed by atoms with E-state index < -0.39 is 24.6 Å². The molecule has 0 bridgehead atoms. The Balaban J connectivity index is 0.000000735. The minimum Gasteiger partial charge on any atom is -0.456 e. The second-order valence-corrected chi connectivity index (χ2v) is 7.54. The van der Waals surface area contributed by atoms with E-state index in [4.69, 9.17) is 21.5 Å². The lowest BCUT2D eigenvalue weighted by Crippen LogP contribution is -2.31. The second-order valence-electron chi connectivity index (χ2n) is 6.18. The van der Waals surface area contributed by atoms with E-state index >= 15 is 0 Å². The largest absolute Gasteiger partial charge is 0.492 e. The molecule has 30 heavy (non-hydrogen) atoms. The van der Waals surface area contributed by atoms with Crippen LogP contribution in [0.5, 0.6) is 0 Å². The molecule has 158 valence electrons. The third-order valence-corrected chi connectivity index (χ3v) is 4.86. The molecule has 1 N–H and O–H groups in total. The standard InChI is InChI=1S/C20H13BrClF3O.CHFO2/c21-15-5-8-17-14(10-15)9-13(18(17)19(26)20(24,25)11-23)4-1-12-2-6-16(22)7-3-12;2-1(3)4/h1-8,10H,9,11H2;(H,3,4)/b4-1+;. The summed E-state index contributed by atoms with van der Waals surface area (Å²) in [5, 5.41) is 7.33. The summed E-state index contributed by atoms with van der Waals surface area (Å²) < 4.78 is 50.9. The molecule has 0 radical (unpaired) electrons. The van der Waals surface area contributed by atoms with Crippen LogP contribution >= 0.6 is 27.5 Å². The molecular weight excluding hydrogens is 492 g/mol. The van der Waals surface area contributed by atoms with Gasteiger partial charge in [-0.05, 0) is 52.9 Å². The van der Waals surface area contributed by atoms with Gasteiger partial charge in [-0.1, -0.05) is 57.9 Å². The van der Waals surface area contributed by atoms with Crippen LogP contribution in [-0.2, 0) is 11.2 Å². The number of benzene rings is 2. The van der Waals surface area contributed by atoms with E-state index in [2.05, 4.69) is 15.9 Å². The van der Waals surface area contributed by atoms with Gasteiger partial charge in [-0.2, -0.15) is 8.78 Å². The molecule has 0 atom stereocenters. The van der Waals surface area contributed by atoms with E-state index in [0.29, 0.717) is 22.6 Å². The van der Waals surface area contributed by atoms with Gasteiger partial charge in [0, 0.05) is 15.1 Å². The first-order valence-corrected chi connectivity index (χ1v) is 9.55. The number of allylic oxidation sites excluding steroid dienone is 3. The fourth-order valence-electron chi connectivity index (χ4n) is 2.84. The predicted octanol–water partition coefficient (Wildman–Crippen LogP) is 6.93. The number of carbonyl (C=O) groups excluding carboxylic acids is 1. The van der Waals surface area contributed by atoms with Crippen LogP contribution in [0.4, 0.5) is 22.4 Å². The molecular formula is C21H14BrClF4O3. The Morgan fingerprint density at radius 1 is 1.13 bits per heavy atom. The molecule has 2 aromatic carbocycles. The smallest absolute Gasteiger partial charge is 0.456 e. The Bertz CT molecular complexity index is 1010. The van der Waals surface area contributed by atoms with Crippen molar-refractivity contribution in [3.63, 3.8) is 0 Å². The summed E-state index contributed by atoms with van der Waals surface area (Å²) in [6.07, 6.45) is 1.33. The quantitative estimate of drug-likeness (QED) is 0.354. The van der Waals surface area contributed by atoms with E-state index in [-0.39, 0.29) is 5.57 Å². The highest BCUT2D eigenvalue weighted by molar-refractivity contribution is 9.10. The first-order valence-electron chi connectivity index (χ1n) is 8.37. The molecule has 3 nitrogen and oxygen atoms in total. The number of hydrogen-bond donors (Lipinski definition) is 1. The average molecular weight is 506 g/mol. The zero-order valence-electron chi connectivity index (χ0n) is 15.1. The highest BCUT2D eigenvalue weighted by atomic mass is 79.9. The van der Waals surface area contributed by atoms with Crippen LogP contribution in [0.25, 0.3) is 11.6 Å². The third-order valence-electron chi connectivity index (χ3n) is 4.11. The second kappa shape index (κ2) is 10.0. The zero-order chi connectivity index (χ0) is 22.5. The summed E-state index contributed by atoms with van der Waals surface area (Å²) in [5.74, 6) is -5.53. The summed E-state index contributed by atoms with van der Waals surface area (Å²) in [4.78, 5) is 20.6. The monoisotopic (exact) mass is 504 g/mol. The van der Waals surface area contributed by atoms with Crippen LogP contribution in [0.2, 0.25) is 5.02 Å². The number of ketones is 1. The van der Waals surface area contributed by atoms with Gasteiger partial charge in [0.2, 0.25) is 5.78 Å². The van der Waals surface area contributed by atoms with E-state index in [0.717, 1.165) is 15.6 Å². The number of alkyl halides is 3. The molecule has 0 spiro atoms. The maximum absolute atomic E-state index is 13.7. The first-order chi connectivity index (χ1) is 14.0. The van der Waals surface area contributed by atoms with Crippen molar-refractivity contribution in [3.05, 3.63) is 80.3 Å². The molecule has 0 heterocycles. The number of halogens is 6. The molecule has 1 aliphatic carbocycles. The minimum atomic E-state index is -4.04. The summed E-state index contributed by atoms with van der Waals surface area (Å²) >= 11 is 9.18. The van der Waals surface area contributed by atoms with Crippen molar-refractivity contribution >= 4 is 51.2 Å². The van der Waals surface area contributed by atoms with Crippen LogP contribution in [0, 0.1) is 0 Å². The van der Waals surface area contributed by atoms with Crippen molar-refractivity contribution in [2.45, 2.75) is 12.3 Å². The van der Waals surface area contributed by atoms with Crippen molar-refractivity contribution in [1.82, 2.24) is 0 Å². The maximum atomic E-state index is 13.7. The Hall–Kier alpha value is -2.45. The molecule has 0 amide bonds. The van der Waals surface area contributed by atoms with Crippen molar-refractivity contribution in [2.24, 2.45) is 0 Å². The molecule has 2 aromatic rings. The molecule has 0 saturated carbocycles. The van der Waals surface area contributed by atoms with Crippen molar-refractivity contribution in [1.29, 1.82) is 0 Å². The fourth-order valence-corrected chi connectivity index (χ4v) is 3.38. The van der Waals surface area contributed by atoms with Crippen LogP contribution in [-0.4, -0.2) is 29.7 Å².